The SMILES string of the molecule is Cc1ccc(-c2nc(N)nc(C)c2[N+](=O)[O-])cc1. The van der Waals surface area contributed by atoms with Crippen molar-refractivity contribution in [3.05, 3.63) is 45.6 Å². The highest BCUT2D eigenvalue weighted by atomic mass is 16.6. The van der Waals surface area contributed by atoms with Gasteiger partial charge in [-0.25, -0.2) is 9.97 Å². The summed E-state index contributed by atoms with van der Waals surface area (Å²) in [6.45, 7) is 3.49. The molecule has 0 unspecified atom stereocenters. The van der Waals surface area contributed by atoms with Crippen LogP contribution in [-0.2, 0) is 0 Å². The number of nitrogens with zero attached hydrogens (tertiary/aromatic N) is 3. The van der Waals surface area contributed by atoms with Crippen LogP contribution in [0.2, 0.25) is 0 Å². The Morgan fingerprint density at radius 3 is 2.33 bits per heavy atom. The molecule has 0 bridgehead atoms. The van der Waals surface area contributed by atoms with Crippen molar-refractivity contribution < 1.29 is 4.92 Å². The van der Waals surface area contributed by atoms with E-state index in [9.17, 15) is 10.1 Å². The first-order valence-electron chi connectivity index (χ1n) is 5.34. The maximum absolute atomic E-state index is 11.1. The van der Waals surface area contributed by atoms with Crippen LogP contribution in [0.25, 0.3) is 11.3 Å². The molecule has 0 aliphatic rings. The third-order valence-corrected chi connectivity index (χ3v) is 2.58. The molecule has 0 saturated heterocycles. The lowest BCUT2D eigenvalue weighted by atomic mass is 10.1. The van der Waals surface area contributed by atoms with Crippen molar-refractivity contribution in [3.63, 3.8) is 0 Å². The molecule has 1 heterocycles. The second kappa shape index (κ2) is 4.40. The average Bonchev–Trinajstić information content (AvgIpc) is 2.28. The van der Waals surface area contributed by atoms with E-state index >= 15 is 0 Å². The van der Waals surface area contributed by atoms with Gasteiger partial charge in [-0.1, -0.05) is 29.8 Å². The third-order valence-electron chi connectivity index (χ3n) is 2.58. The van der Waals surface area contributed by atoms with Gasteiger partial charge < -0.3 is 5.73 Å². The lowest BCUT2D eigenvalue weighted by Crippen LogP contribution is -2.04. The lowest BCUT2D eigenvalue weighted by Gasteiger charge is -2.05. The topological polar surface area (TPSA) is 94.9 Å². The van der Waals surface area contributed by atoms with Gasteiger partial charge >= 0.3 is 5.69 Å². The van der Waals surface area contributed by atoms with Gasteiger partial charge in [0.1, 0.15) is 5.69 Å². The summed E-state index contributed by atoms with van der Waals surface area (Å²) in [6.07, 6.45) is 0. The molecule has 1 aromatic heterocycles. The van der Waals surface area contributed by atoms with Gasteiger partial charge in [0, 0.05) is 5.56 Å². The molecule has 92 valence electrons. The van der Waals surface area contributed by atoms with E-state index in [1.807, 2.05) is 19.1 Å². The first kappa shape index (κ1) is 12.0. The van der Waals surface area contributed by atoms with Crippen LogP contribution in [0.15, 0.2) is 24.3 Å². The van der Waals surface area contributed by atoms with Crippen molar-refractivity contribution in [3.8, 4) is 11.3 Å². The highest BCUT2D eigenvalue weighted by Gasteiger charge is 2.22. The Morgan fingerprint density at radius 1 is 1.17 bits per heavy atom. The van der Waals surface area contributed by atoms with Crippen molar-refractivity contribution in [2.24, 2.45) is 0 Å². The summed E-state index contributed by atoms with van der Waals surface area (Å²) >= 11 is 0. The summed E-state index contributed by atoms with van der Waals surface area (Å²) in [5, 5.41) is 11.1. The van der Waals surface area contributed by atoms with Crippen molar-refractivity contribution in [2.45, 2.75) is 13.8 Å². The van der Waals surface area contributed by atoms with Gasteiger partial charge in [-0.2, -0.15) is 0 Å². The summed E-state index contributed by atoms with van der Waals surface area (Å²) < 4.78 is 0. The fourth-order valence-corrected chi connectivity index (χ4v) is 1.72. The Morgan fingerprint density at radius 2 is 1.78 bits per heavy atom. The molecule has 0 saturated carbocycles. The Labute approximate surface area is 104 Å². The minimum atomic E-state index is -0.482. The minimum absolute atomic E-state index is 0.0358. The molecule has 2 N–H and O–H groups in total. The Balaban J connectivity index is 2.69. The van der Waals surface area contributed by atoms with Crippen molar-refractivity contribution in [1.29, 1.82) is 0 Å². The molecule has 0 aliphatic heterocycles. The molecule has 0 amide bonds. The molecular weight excluding hydrogens is 232 g/mol. The molecule has 2 aromatic rings. The van der Waals surface area contributed by atoms with Gasteiger partial charge in [0.05, 0.1) is 4.92 Å². The molecule has 6 nitrogen and oxygen atoms in total. The second-order valence-electron chi connectivity index (χ2n) is 3.99. The van der Waals surface area contributed by atoms with Gasteiger partial charge in [0.2, 0.25) is 5.95 Å². The van der Waals surface area contributed by atoms with Gasteiger partial charge in [-0.15, -0.1) is 0 Å². The Hall–Kier alpha value is -2.50. The number of aryl methyl sites for hydroxylation is 2. The molecule has 0 spiro atoms. The normalized spacial score (nSPS) is 10.3. The molecule has 2 rings (SSSR count). The van der Waals surface area contributed by atoms with E-state index in [0.29, 0.717) is 5.56 Å². The van der Waals surface area contributed by atoms with E-state index < -0.39 is 4.92 Å². The Kier molecular flexibility index (Phi) is 2.93. The van der Waals surface area contributed by atoms with Crippen LogP contribution in [0.4, 0.5) is 11.6 Å². The van der Waals surface area contributed by atoms with Crippen LogP contribution in [0.5, 0.6) is 0 Å². The van der Waals surface area contributed by atoms with Crippen LogP contribution in [0, 0.1) is 24.0 Å². The monoisotopic (exact) mass is 244 g/mol. The van der Waals surface area contributed by atoms with E-state index in [2.05, 4.69) is 9.97 Å². The number of nitrogen functional groups attached to an aromatic ring is 1. The second-order valence-corrected chi connectivity index (χ2v) is 3.99. The van der Waals surface area contributed by atoms with Crippen LogP contribution in [0.3, 0.4) is 0 Å². The summed E-state index contributed by atoms with van der Waals surface area (Å²) in [6, 6.07) is 7.30. The predicted octanol–water partition coefficient (Wildman–Crippen LogP) is 2.25. The van der Waals surface area contributed by atoms with E-state index in [4.69, 9.17) is 5.73 Å². The number of benzene rings is 1. The fourth-order valence-electron chi connectivity index (χ4n) is 1.72. The summed E-state index contributed by atoms with van der Waals surface area (Å²) in [4.78, 5) is 18.4. The van der Waals surface area contributed by atoms with Gasteiger partial charge in [-0.3, -0.25) is 10.1 Å². The predicted molar refractivity (Wildman–Crippen MR) is 68.0 cm³/mol. The highest BCUT2D eigenvalue weighted by molar-refractivity contribution is 5.71. The molecular formula is C12H12N4O2. The van der Waals surface area contributed by atoms with Crippen LogP contribution in [0.1, 0.15) is 11.3 Å². The van der Waals surface area contributed by atoms with Crippen molar-refractivity contribution in [1.82, 2.24) is 9.97 Å². The number of nitro groups is 1. The zero-order valence-electron chi connectivity index (χ0n) is 10.0. The first-order valence-corrected chi connectivity index (χ1v) is 5.34. The van der Waals surface area contributed by atoms with Gasteiger partial charge in [-0.05, 0) is 13.8 Å². The maximum Gasteiger partial charge on any atom is 0.316 e. The van der Waals surface area contributed by atoms with E-state index in [-0.39, 0.29) is 23.0 Å². The minimum Gasteiger partial charge on any atom is -0.368 e. The van der Waals surface area contributed by atoms with Crippen LogP contribution >= 0.6 is 0 Å². The number of aromatic nitrogens is 2. The Bertz CT molecular complexity index is 608. The standard InChI is InChI=1S/C12H12N4O2/c1-7-3-5-9(6-4-7)10-11(16(17)18)8(2)14-12(13)15-10/h3-6H,1-2H3,(H2,13,14,15). The quantitative estimate of drug-likeness (QED) is 0.645. The van der Waals surface area contributed by atoms with Gasteiger partial charge in [0.25, 0.3) is 0 Å². The summed E-state index contributed by atoms with van der Waals surface area (Å²) in [5.74, 6) is 0.0358. The number of hydrogen-bond donors (Lipinski definition) is 1. The van der Waals surface area contributed by atoms with Crippen molar-refractivity contribution >= 4 is 11.6 Å². The maximum atomic E-state index is 11.1. The van der Waals surface area contributed by atoms with Gasteiger partial charge in [0.15, 0.2) is 5.69 Å². The molecule has 0 atom stereocenters. The zero-order valence-corrected chi connectivity index (χ0v) is 10.0. The molecule has 0 radical (unpaired) electrons. The smallest absolute Gasteiger partial charge is 0.316 e. The summed E-state index contributed by atoms with van der Waals surface area (Å²) in [7, 11) is 0. The zero-order chi connectivity index (χ0) is 13.3. The fraction of sp³-hybridized carbons (Fsp3) is 0.167. The number of hydrogen-bond acceptors (Lipinski definition) is 5. The van der Waals surface area contributed by atoms with E-state index in [1.54, 1.807) is 19.1 Å². The molecule has 1 aromatic carbocycles. The largest absolute Gasteiger partial charge is 0.368 e. The number of anilines is 1. The summed E-state index contributed by atoms with van der Waals surface area (Å²) in [5.41, 5.74) is 7.70. The lowest BCUT2D eigenvalue weighted by molar-refractivity contribution is -0.385. The molecule has 18 heavy (non-hydrogen) atoms. The van der Waals surface area contributed by atoms with Crippen molar-refractivity contribution in [2.75, 3.05) is 5.73 Å². The third kappa shape index (κ3) is 2.13. The molecule has 0 fully saturated rings. The average molecular weight is 244 g/mol. The van der Waals surface area contributed by atoms with Crippen LogP contribution < -0.4 is 5.73 Å². The van der Waals surface area contributed by atoms with E-state index in [0.717, 1.165) is 5.56 Å². The first-order chi connectivity index (χ1) is 8.49. The highest BCUT2D eigenvalue weighted by Crippen LogP contribution is 2.30. The number of rotatable bonds is 2. The molecule has 6 heteroatoms. The van der Waals surface area contributed by atoms with E-state index in [1.165, 1.54) is 0 Å². The van der Waals surface area contributed by atoms with Crippen LogP contribution in [-0.4, -0.2) is 14.9 Å². The molecule has 0 aliphatic carbocycles. The number of nitrogens with two attached hydrogens (primary N) is 1.